The molecule has 8 nitrogen and oxygen atoms in total. The highest BCUT2D eigenvalue weighted by Crippen LogP contribution is 2.38. The number of methoxy groups -OCH3 is 1. The zero-order valence-electron chi connectivity index (χ0n) is 20.7. The first kappa shape index (κ1) is 25.3. The number of carbonyl (C=O) groups excluding carboxylic acids is 1. The van der Waals surface area contributed by atoms with E-state index in [1.165, 1.54) is 15.6 Å². The molecule has 37 heavy (non-hydrogen) atoms. The molecule has 192 valence electrons. The molecule has 5 rings (SSSR count). The summed E-state index contributed by atoms with van der Waals surface area (Å²) in [5.74, 6) is 0.0149. The monoisotopic (exact) mass is 536 g/mol. The van der Waals surface area contributed by atoms with Gasteiger partial charge in [-0.1, -0.05) is 41.7 Å². The van der Waals surface area contributed by atoms with E-state index in [1.54, 1.807) is 54.7 Å². The highest BCUT2D eigenvalue weighted by atomic mass is 32.2. The van der Waals surface area contributed by atoms with Gasteiger partial charge in [0.15, 0.2) is 5.13 Å². The fourth-order valence-corrected chi connectivity index (χ4v) is 7.22. The van der Waals surface area contributed by atoms with Crippen LogP contribution in [0, 0.1) is 12.8 Å². The van der Waals surface area contributed by atoms with Crippen LogP contribution < -0.4 is 9.64 Å². The number of nitrogens with zero attached hydrogens (tertiary/aromatic N) is 4. The molecule has 0 spiro atoms. The number of aromatic nitrogens is 2. The van der Waals surface area contributed by atoms with Crippen molar-refractivity contribution in [3.05, 3.63) is 78.1 Å². The Balaban J connectivity index is 1.49. The van der Waals surface area contributed by atoms with E-state index in [4.69, 9.17) is 9.72 Å². The van der Waals surface area contributed by atoms with Crippen LogP contribution in [-0.2, 0) is 21.4 Å². The largest absolute Gasteiger partial charge is 0.494 e. The number of hydrogen-bond donors (Lipinski definition) is 0. The summed E-state index contributed by atoms with van der Waals surface area (Å²) in [7, 11) is -2.09. The molecule has 0 radical (unpaired) electrons. The lowest BCUT2D eigenvalue weighted by atomic mass is 9.98. The molecule has 2 aromatic carbocycles. The molecule has 0 saturated carbocycles. The number of anilines is 1. The lowest BCUT2D eigenvalue weighted by molar-refractivity contribution is -0.123. The maximum absolute atomic E-state index is 14.0. The summed E-state index contributed by atoms with van der Waals surface area (Å²) in [5, 5.41) is 0.555. The number of thiazole rings is 1. The molecule has 10 heteroatoms. The number of piperidine rings is 1. The van der Waals surface area contributed by atoms with Gasteiger partial charge in [0.05, 0.1) is 29.2 Å². The average molecular weight is 537 g/mol. The number of carbonyl (C=O) groups is 1. The Labute approximate surface area is 220 Å². The number of hydrogen-bond acceptors (Lipinski definition) is 7. The van der Waals surface area contributed by atoms with Crippen LogP contribution in [0.15, 0.2) is 71.9 Å². The van der Waals surface area contributed by atoms with Crippen LogP contribution in [0.2, 0.25) is 0 Å². The van der Waals surface area contributed by atoms with Gasteiger partial charge in [-0.3, -0.25) is 14.7 Å². The topological polar surface area (TPSA) is 92.7 Å². The number of ether oxygens (including phenoxy) is 1. The van der Waals surface area contributed by atoms with Crippen molar-refractivity contribution in [2.75, 3.05) is 25.1 Å². The molecular weight excluding hydrogens is 508 g/mol. The minimum Gasteiger partial charge on any atom is -0.494 e. The minimum absolute atomic E-state index is 0.132. The number of rotatable bonds is 7. The standard InChI is InChI=1S/C27H28N4O4S2/c1-19-12-13-23(35-2)24-25(19)36-27(29-24)31(17-20-8-6-14-28-16-20)26(32)21-9-7-15-30(18-21)37(33,34)22-10-4-3-5-11-22/h3-6,8,10-14,16,21H,7,9,15,17-18H2,1-2H3. The Bertz CT molecular complexity index is 1510. The van der Waals surface area contributed by atoms with Crippen LogP contribution in [0.1, 0.15) is 24.0 Å². The number of sulfonamides is 1. The third-order valence-electron chi connectivity index (χ3n) is 6.59. The predicted molar refractivity (Wildman–Crippen MR) is 144 cm³/mol. The quantitative estimate of drug-likeness (QED) is 0.342. The summed E-state index contributed by atoms with van der Waals surface area (Å²) in [6.45, 7) is 2.81. The molecule has 1 aliphatic rings. The molecular formula is C27H28N4O4S2. The van der Waals surface area contributed by atoms with Crippen molar-refractivity contribution in [2.45, 2.75) is 31.2 Å². The molecule has 1 fully saturated rings. The minimum atomic E-state index is -3.69. The number of benzene rings is 2. The van der Waals surface area contributed by atoms with Crippen LogP contribution in [0.5, 0.6) is 5.75 Å². The first-order valence-corrected chi connectivity index (χ1v) is 14.3. The van der Waals surface area contributed by atoms with Gasteiger partial charge in [0, 0.05) is 25.5 Å². The predicted octanol–water partition coefficient (Wildman–Crippen LogP) is 4.64. The SMILES string of the molecule is COc1ccc(C)c2sc(N(Cc3cccnc3)C(=O)C3CCCN(S(=O)(=O)c4ccccc4)C3)nc12. The Morgan fingerprint density at radius 3 is 2.70 bits per heavy atom. The van der Waals surface area contributed by atoms with Crippen LogP contribution in [0.4, 0.5) is 5.13 Å². The number of pyridine rings is 1. The van der Waals surface area contributed by atoms with Crippen LogP contribution in [-0.4, -0.2) is 48.8 Å². The van der Waals surface area contributed by atoms with E-state index in [0.29, 0.717) is 35.8 Å². The summed E-state index contributed by atoms with van der Waals surface area (Å²) >= 11 is 1.44. The highest BCUT2D eigenvalue weighted by Gasteiger charge is 2.36. The van der Waals surface area contributed by atoms with Crippen molar-refractivity contribution in [1.82, 2.24) is 14.3 Å². The van der Waals surface area contributed by atoms with Crippen molar-refractivity contribution in [2.24, 2.45) is 5.92 Å². The second-order valence-corrected chi connectivity index (χ2v) is 12.0. The normalized spacial score (nSPS) is 16.5. The Kier molecular flexibility index (Phi) is 7.23. The third kappa shape index (κ3) is 5.09. The molecule has 1 atom stereocenters. The molecule has 1 unspecified atom stereocenters. The molecule has 1 aliphatic heterocycles. The number of amides is 1. The van der Waals surface area contributed by atoms with E-state index in [-0.39, 0.29) is 23.9 Å². The maximum atomic E-state index is 14.0. The van der Waals surface area contributed by atoms with E-state index >= 15 is 0 Å². The van der Waals surface area contributed by atoms with Crippen molar-refractivity contribution in [3.63, 3.8) is 0 Å². The Morgan fingerprint density at radius 1 is 1.16 bits per heavy atom. The van der Waals surface area contributed by atoms with Crippen molar-refractivity contribution in [3.8, 4) is 5.75 Å². The van der Waals surface area contributed by atoms with Crippen LogP contribution in [0.25, 0.3) is 10.2 Å². The summed E-state index contributed by atoms with van der Waals surface area (Å²) in [4.78, 5) is 25.0. The Morgan fingerprint density at radius 2 is 1.97 bits per heavy atom. The van der Waals surface area contributed by atoms with E-state index in [2.05, 4.69) is 4.98 Å². The molecule has 4 aromatic rings. The molecule has 1 saturated heterocycles. The van der Waals surface area contributed by atoms with Gasteiger partial charge < -0.3 is 4.74 Å². The van der Waals surface area contributed by atoms with Gasteiger partial charge in [-0.25, -0.2) is 13.4 Å². The lowest BCUT2D eigenvalue weighted by Crippen LogP contribution is -2.46. The fraction of sp³-hybridized carbons (Fsp3) is 0.296. The first-order chi connectivity index (χ1) is 17.9. The molecule has 0 aliphatic carbocycles. The van der Waals surface area contributed by atoms with Gasteiger partial charge in [-0.05, 0) is 55.2 Å². The smallest absolute Gasteiger partial charge is 0.243 e. The third-order valence-corrected chi connectivity index (χ3v) is 9.68. The van der Waals surface area contributed by atoms with Crippen LogP contribution in [0.3, 0.4) is 0 Å². The van der Waals surface area contributed by atoms with E-state index in [9.17, 15) is 13.2 Å². The molecule has 2 aromatic heterocycles. The number of aryl methyl sites for hydroxylation is 1. The summed E-state index contributed by atoms with van der Waals surface area (Å²) in [5.41, 5.74) is 2.62. The Hall–Kier alpha value is -3.34. The summed E-state index contributed by atoms with van der Waals surface area (Å²) < 4.78 is 34.5. The van der Waals surface area contributed by atoms with Gasteiger partial charge >= 0.3 is 0 Å². The van der Waals surface area contributed by atoms with Gasteiger partial charge in [-0.2, -0.15) is 4.31 Å². The van der Waals surface area contributed by atoms with Crippen molar-refractivity contribution >= 4 is 42.6 Å². The maximum Gasteiger partial charge on any atom is 0.243 e. The van der Waals surface area contributed by atoms with Crippen molar-refractivity contribution in [1.29, 1.82) is 0 Å². The summed E-state index contributed by atoms with van der Waals surface area (Å²) in [6.07, 6.45) is 4.63. The zero-order chi connectivity index (χ0) is 26.0. The van der Waals surface area contributed by atoms with E-state index < -0.39 is 15.9 Å². The summed E-state index contributed by atoms with van der Waals surface area (Å²) in [6, 6.07) is 16.0. The first-order valence-electron chi connectivity index (χ1n) is 12.1. The number of fused-ring (bicyclic) bond motifs is 1. The lowest BCUT2D eigenvalue weighted by Gasteiger charge is -2.33. The van der Waals surface area contributed by atoms with Gasteiger partial charge in [0.1, 0.15) is 11.3 Å². The molecule has 1 amide bonds. The molecule has 0 N–H and O–H groups in total. The van der Waals surface area contributed by atoms with E-state index in [0.717, 1.165) is 15.8 Å². The van der Waals surface area contributed by atoms with Crippen LogP contribution >= 0.6 is 11.3 Å². The van der Waals surface area contributed by atoms with Gasteiger partial charge in [0.2, 0.25) is 15.9 Å². The average Bonchev–Trinajstić information content (AvgIpc) is 3.39. The zero-order valence-corrected chi connectivity index (χ0v) is 22.3. The van der Waals surface area contributed by atoms with Gasteiger partial charge in [0.25, 0.3) is 0 Å². The molecule has 3 heterocycles. The second kappa shape index (κ2) is 10.6. The van der Waals surface area contributed by atoms with Crippen molar-refractivity contribution < 1.29 is 17.9 Å². The van der Waals surface area contributed by atoms with Gasteiger partial charge in [-0.15, -0.1) is 0 Å². The fourth-order valence-electron chi connectivity index (χ4n) is 4.62. The van der Waals surface area contributed by atoms with E-state index in [1.807, 2.05) is 31.2 Å². The molecule has 0 bridgehead atoms. The highest BCUT2D eigenvalue weighted by molar-refractivity contribution is 7.89. The second-order valence-electron chi connectivity index (χ2n) is 9.06.